The van der Waals surface area contributed by atoms with Gasteiger partial charge in [-0.3, -0.25) is 0 Å². The van der Waals surface area contributed by atoms with Crippen molar-refractivity contribution in [3.63, 3.8) is 0 Å². The third-order valence-corrected chi connectivity index (χ3v) is 3.36. The van der Waals surface area contributed by atoms with Crippen molar-refractivity contribution in [2.45, 2.75) is 32.2 Å². The van der Waals surface area contributed by atoms with Crippen molar-refractivity contribution in [1.82, 2.24) is 9.88 Å². The lowest BCUT2D eigenvalue weighted by Crippen LogP contribution is -2.40. The van der Waals surface area contributed by atoms with E-state index >= 15 is 0 Å². The number of hydrogen-bond donors (Lipinski definition) is 1. The van der Waals surface area contributed by atoms with Crippen molar-refractivity contribution in [3.05, 3.63) is 23.9 Å². The Balaban J connectivity index is 1.86. The fraction of sp³-hybridized carbons (Fsp3) is 0.615. The first-order chi connectivity index (χ1) is 7.75. The van der Waals surface area contributed by atoms with Crippen LogP contribution in [0, 0.1) is 6.92 Å². The minimum Gasteiger partial charge on any atom is -0.368 e. The van der Waals surface area contributed by atoms with Crippen LogP contribution in [0.5, 0.6) is 0 Å². The van der Waals surface area contributed by atoms with E-state index in [4.69, 9.17) is 0 Å². The van der Waals surface area contributed by atoms with Crippen LogP contribution in [-0.2, 0) is 0 Å². The van der Waals surface area contributed by atoms with Gasteiger partial charge in [0.15, 0.2) is 0 Å². The van der Waals surface area contributed by atoms with Gasteiger partial charge < -0.3 is 10.2 Å². The highest BCUT2D eigenvalue weighted by Gasteiger charge is 2.18. The van der Waals surface area contributed by atoms with Crippen molar-refractivity contribution in [3.8, 4) is 0 Å². The van der Waals surface area contributed by atoms with E-state index in [-0.39, 0.29) is 0 Å². The maximum atomic E-state index is 4.32. The molecule has 1 unspecified atom stereocenters. The molecule has 0 bridgehead atoms. The minimum atomic E-state index is 0.663. The first kappa shape index (κ1) is 11.4. The molecule has 2 heterocycles. The minimum absolute atomic E-state index is 0.663. The number of aromatic nitrogens is 1. The predicted molar refractivity (Wildman–Crippen MR) is 67.7 cm³/mol. The van der Waals surface area contributed by atoms with Gasteiger partial charge in [0.2, 0.25) is 0 Å². The van der Waals surface area contributed by atoms with Gasteiger partial charge in [0, 0.05) is 18.8 Å². The highest BCUT2D eigenvalue weighted by Crippen LogP contribution is 2.15. The molecule has 16 heavy (non-hydrogen) atoms. The molecular formula is C13H21N3. The molecule has 0 saturated carbocycles. The number of anilines is 1. The van der Waals surface area contributed by atoms with E-state index in [1.54, 1.807) is 0 Å². The Morgan fingerprint density at radius 1 is 1.50 bits per heavy atom. The summed E-state index contributed by atoms with van der Waals surface area (Å²) in [7, 11) is 2.22. The Labute approximate surface area is 97.9 Å². The zero-order valence-corrected chi connectivity index (χ0v) is 10.2. The Morgan fingerprint density at radius 2 is 2.38 bits per heavy atom. The number of rotatable bonds is 3. The van der Waals surface area contributed by atoms with Gasteiger partial charge in [-0.1, -0.05) is 6.42 Å². The molecule has 0 aromatic carbocycles. The van der Waals surface area contributed by atoms with Crippen molar-refractivity contribution >= 4 is 5.82 Å². The topological polar surface area (TPSA) is 28.2 Å². The smallest absolute Gasteiger partial charge is 0.126 e. The van der Waals surface area contributed by atoms with Gasteiger partial charge in [0.05, 0.1) is 0 Å². The lowest BCUT2D eigenvalue weighted by atomic mass is 10.0. The number of hydrogen-bond acceptors (Lipinski definition) is 3. The first-order valence-corrected chi connectivity index (χ1v) is 6.12. The van der Waals surface area contributed by atoms with Crippen LogP contribution in [0.2, 0.25) is 0 Å². The molecule has 1 saturated heterocycles. The van der Waals surface area contributed by atoms with E-state index in [1.165, 1.54) is 31.4 Å². The number of pyridine rings is 1. The van der Waals surface area contributed by atoms with Crippen LogP contribution < -0.4 is 5.32 Å². The summed E-state index contributed by atoms with van der Waals surface area (Å²) in [5.74, 6) is 0.999. The van der Waals surface area contributed by atoms with E-state index in [0.717, 1.165) is 12.4 Å². The number of nitrogens with zero attached hydrogens (tertiary/aromatic N) is 2. The van der Waals surface area contributed by atoms with Gasteiger partial charge in [0.25, 0.3) is 0 Å². The highest BCUT2D eigenvalue weighted by atomic mass is 15.2. The van der Waals surface area contributed by atoms with Crippen LogP contribution in [0.15, 0.2) is 18.3 Å². The molecule has 2 rings (SSSR count). The van der Waals surface area contributed by atoms with Gasteiger partial charge in [0.1, 0.15) is 5.82 Å². The molecule has 1 atom stereocenters. The van der Waals surface area contributed by atoms with Crippen molar-refractivity contribution < 1.29 is 0 Å². The number of likely N-dealkylation sites (N-methyl/N-ethyl adjacent to an activating group) is 1. The van der Waals surface area contributed by atoms with Crippen LogP contribution in [0.25, 0.3) is 0 Å². The Bertz CT molecular complexity index is 338. The fourth-order valence-electron chi connectivity index (χ4n) is 2.26. The molecule has 0 spiro atoms. The molecule has 0 amide bonds. The number of aryl methyl sites for hydroxylation is 1. The molecule has 1 N–H and O–H groups in total. The van der Waals surface area contributed by atoms with Crippen molar-refractivity contribution in [2.24, 2.45) is 0 Å². The molecule has 3 heteroatoms. The fourth-order valence-corrected chi connectivity index (χ4v) is 2.26. The van der Waals surface area contributed by atoms with E-state index in [2.05, 4.69) is 35.2 Å². The van der Waals surface area contributed by atoms with Crippen LogP contribution in [-0.4, -0.2) is 36.1 Å². The zero-order chi connectivity index (χ0) is 11.4. The Kier molecular flexibility index (Phi) is 3.78. The van der Waals surface area contributed by atoms with Crippen LogP contribution >= 0.6 is 0 Å². The molecule has 0 aliphatic carbocycles. The van der Waals surface area contributed by atoms with E-state index in [0.29, 0.717) is 6.04 Å². The zero-order valence-electron chi connectivity index (χ0n) is 10.2. The third kappa shape index (κ3) is 2.95. The van der Waals surface area contributed by atoms with Crippen molar-refractivity contribution in [1.29, 1.82) is 0 Å². The number of piperidine rings is 1. The normalized spacial score (nSPS) is 22.0. The van der Waals surface area contributed by atoms with Crippen LogP contribution in [0.1, 0.15) is 24.8 Å². The van der Waals surface area contributed by atoms with Gasteiger partial charge >= 0.3 is 0 Å². The average Bonchev–Trinajstić information content (AvgIpc) is 2.28. The largest absolute Gasteiger partial charge is 0.368 e. The summed E-state index contributed by atoms with van der Waals surface area (Å²) in [4.78, 5) is 6.77. The van der Waals surface area contributed by atoms with E-state index in [1.807, 2.05) is 12.3 Å². The standard InChI is InChI=1S/C13H21N3/c1-11-6-7-14-13(9-11)15-10-12-5-3-4-8-16(12)2/h6-7,9,12H,3-5,8,10H2,1-2H3,(H,14,15). The monoisotopic (exact) mass is 219 g/mol. The molecule has 1 aliphatic heterocycles. The number of likely N-dealkylation sites (tertiary alicyclic amines) is 1. The summed E-state index contributed by atoms with van der Waals surface area (Å²) in [6, 6.07) is 4.79. The second-order valence-electron chi connectivity index (χ2n) is 4.73. The Morgan fingerprint density at radius 3 is 3.12 bits per heavy atom. The van der Waals surface area contributed by atoms with Gasteiger partial charge in [-0.05, 0) is 51.1 Å². The van der Waals surface area contributed by atoms with Crippen LogP contribution in [0.4, 0.5) is 5.82 Å². The summed E-state index contributed by atoms with van der Waals surface area (Å²) in [5.41, 5.74) is 1.26. The molecule has 1 fully saturated rings. The molecule has 1 aliphatic rings. The lowest BCUT2D eigenvalue weighted by molar-refractivity contribution is 0.194. The maximum Gasteiger partial charge on any atom is 0.126 e. The second kappa shape index (κ2) is 5.30. The van der Waals surface area contributed by atoms with Crippen molar-refractivity contribution in [2.75, 3.05) is 25.5 Å². The lowest BCUT2D eigenvalue weighted by Gasteiger charge is -2.32. The quantitative estimate of drug-likeness (QED) is 0.845. The number of nitrogens with one attached hydrogen (secondary N) is 1. The molecule has 88 valence electrons. The molecule has 1 aromatic rings. The summed E-state index contributed by atoms with van der Waals surface area (Å²) in [6.07, 6.45) is 5.87. The van der Waals surface area contributed by atoms with E-state index < -0.39 is 0 Å². The summed E-state index contributed by atoms with van der Waals surface area (Å²) in [6.45, 7) is 4.33. The maximum absolute atomic E-state index is 4.32. The summed E-state index contributed by atoms with van der Waals surface area (Å²) < 4.78 is 0. The van der Waals surface area contributed by atoms with Gasteiger partial charge in [-0.25, -0.2) is 4.98 Å². The van der Waals surface area contributed by atoms with Gasteiger partial charge in [-0.2, -0.15) is 0 Å². The second-order valence-corrected chi connectivity index (χ2v) is 4.73. The SMILES string of the molecule is Cc1ccnc(NCC2CCCCN2C)c1. The molecular weight excluding hydrogens is 198 g/mol. The summed E-state index contributed by atoms with van der Waals surface area (Å²) >= 11 is 0. The predicted octanol–water partition coefficient (Wildman–Crippen LogP) is 2.29. The van der Waals surface area contributed by atoms with E-state index in [9.17, 15) is 0 Å². The first-order valence-electron chi connectivity index (χ1n) is 6.12. The average molecular weight is 219 g/mol. The summed E-state index contributed by atoms with van der Waals surface area (Å²) in [5, 5.41) is 3.43. The third-order valence-electron chi connectivity index (χ3n) is 3.36. The van der Waals surface area contributed by atoms with Crippen LogP contribution in [0.3, 0.4) is 0 Å². The highest BCUT2D eigenvalue weighted by molar-refractivity contribution is 5.37. The Hall–Kier alpha value is -1.09. The van der Waals surface area contributed by atoms with Gasteiger partial charge in [-0.15, -0.1) is 0 Å². The molecule has 1 aromatic heterocycles. The molecule has 3 nitrogen and oxygen atoms in total. The molecule has 0 radical (unpaired) electrons.